The van der Waals surface area contributed by atoms with Gasteiger partial charge in [-0.1, -0.05) is 42.0 Å². The molecule has 0 atom stereocenters. The number of hydrogen-bond acceptors (Lipinski definition) is 2. The molecule has 2 aromatic rings. The third-order valence-corrected chi connectivity index (χ3v) is 3.64. The van der Waals surface area contributed by atoms with Gasteiger partial charge in [0.25, 0.3) is 0 Å². The number of rotatable bonds is 5. The highest BCUT2D eigenvalue weighted by molar-refractivity contribution is 7.98. The number of aryl methyl sites for hydroxylation is 1. The lowest BCUT2D eigenvalue weighted by Crippen LogP contribution is -2.12. The molecule has 18 heavy (non-hydrogen) atoms. The standard InChI is InChI=1S/C16H19NS/c1-13-4-3-5-15(10-13)12-17-11-14-6-8-16(18-2)9-7-14/h3-10,17H,11-12H2,1-2H3. The van der Waals surface area contributed by atoms with Gasteiger partial charge in [-0.2, -0.15) is 0 Å². The van der Waals surface area contributed by atoms with Gasteiger partial charge < -0.3 is 5.32 Å². The smallest absolute Gasteiger partial charge is 0.0208 e. The molecule has 0 heterocycles. The normalized spacial score (nSPS) is 10.6. The average molecular weight is 257 g/mol. The van der Waals surface area contributed by atoms with E-state index in [1.165, 1.54) is 21.6 Å². The first kappa shape index (κ1) is 13.2. The lowest BCUT2D eigenvalue weighted by atomic mass is 10.1. The van der Waals surface area contributed by atoms with Crippen molar-refractivity contribution >= 4 is 11.8 Å². The van der Waals surface area contributed by atoms with E-state index in [0.717, 1.165) is 13.1 Å². The number of nitrogens with one attached hydrogen (secondary N) is 1. The van der Waals surface area contributed by atoms with Crippen molar-refractivity contribution in [3.8, 4) is 0 Å². The van der Waals surface area contributed by atoms with Gasteiger partial charge in [-0.05, 0) is 36.4 Å². The Hall–Kier alpha value is -1.25. The summed E-state index contributed by atoms with van der Waals surface area (Å²) in [4.78, 5) is 1.32. The molecule has 0 aliphatic heterocycles. The molecule has 1 nitrogen and oxygen atoms in total. The second-order valence-electron chi connectivity index (χ2n) is 4.44. The zero-order chi connectivity index (χ0) is 12.8. The van der Waals surface area contributed by atoms with Crippen LogP contribution in [0.4, 0.5) is 0 Å². The monoisotopic (exact) mass is 257 g/mol. The molecule has 94 valence electrons. The highest BCUT2D eigenvalue weighted by Gasteiger charge is 1.95. The van der Waals surface area contributed by atoms with E-state index in [1.54, 1.807) is 11.8 Å². The van der Waals surface area contributed by atoms with E-state index in [2.05, 4.69) is 67.0 Å². The van der Waals surface area contributed by atoms with Gasteiger partial charge in [0.05, 0.1) is 0 Å². The maximum atomic E-state index is 3.48. The van der Waals surface area contributed by atoms with Crippen LogP contribution in [0.3, 0.4) is 0 Å². The first-order valence-electron chi connectivity index (χ1n) is 6.17. The summed E-state index contributed by atoms with van der Waals surface area (Å²) in [6.07, 6.45) is 2.10. The summed E-state index contributed by atoms with van der Waals surface area (Å²) in [6.45, 7) is 3.97. The van der Waals surface area contributed by atoms with Crippen LogP contribution >= 0.6 is 11.8 Å². The SMILES string of the molecule is CSc1ccc(CNCc2cccc(C)c2)cc1. The maximum absolute atomic E-state index is 3.48. The predicted octanol–water partition coefficient (Wildman–Crippen LogP) is 4.01. The summed E-state index contributed by atoms with van der Waals surface area (Å²) in [7, 11) is 0. The predicted molar refractivity (Wildman–Crippen MR) is 79.9 cm³/mol. The summed E-state index contributed by atoms with van der Waals surface area (Å²) in [5.41, 5.74) is 4.00. The first-order valence-corrected chi connectivity index (χ1v) is 7.39. The van der Waals surface area contributed by atoms with Gasteiger partial charge in [-0.3, -0.25) is 0 Å². The average Bonchev–Trinajstić information content (AvgIpc) is 2.40. The Labute approximate surface area is 114 Å². The fraction of sp³-hybridized carbons (Fsp3) is 0.250. The zero-order valence-corrected chi connectivity index (χ0v) is 11.8. The third-order valence-electron chi connectivity index (χ3n) is 2.90. The van der Waals surface area contributed by atoms with Crippen molar-refractivity contribution in [3.63, 3.8) is 0 Å². The zero-order valence-electron chi connectivity index (χ0n) is 10.9. The van der Waals surface area contributed by atoms with Gasteiger partial charge in [0.2, 0.25) is 0 Å². The van der Waals surface area contributed by atoms with Gasteiger partial charge in [0, 0.05) is 18.0 Å². The molecule has 2 rings (SSSR count). The van der Waals surface area contributed by atoms with E-state index in [4.69, 9.17) is 0 Å². The minimum Gasteiger partial charge on any atom is -0.309 e. The van der Waals surface area contributed by atoms with Crippen LogP contribution in [0.2, 0.25) is 0 Å². The minimum atomic E-state index is 0.919. The Bertz CT molecular complexity index is 491. The molecule has 0 aliphatic rings. The Kier molecular flexibility index (Phi) is 4.85. The van der Waals surface area contributed by atoms with Gasteiger partial charge in [-0.15, -0.1) is 11.8 Å². The lowest BCUT2D eigenvalue weighted by molar-refractivity contribution is 0.692. The summed E-state index contributed by atoms with van der Waals surface area (Å²) in [5, 5.41) is 3.48. The van der Waals surface area contributed by atoms with Crippen LogP contribution < -0.4 is 5.32 Å². The van der Waals surface area contributed by atoms with E-state index >= 15 is 0 Å². The van der Waals surface area contributed by atoms with Crippen molar-refractivity contribution in [2.45, 2.75) is 24.9 Å². The van der Waals surface area contributed by atoms with E-state index in [9.17, 15) is 0 Å². The Balaban J connectivity index is 1.84. The molecule has 0 saturated heterocycles. The summed E-state index contributed by atoms with van der Waals surface area (Å²) < 4.78 is 0. The molecule has 0 fully saturated rings. The third kappa shape index (κ3) is 3.90. The molecule has 0 unspecified atom stereocenters. The summed E-state index contributed by atoms with van der Waals surface area (Å²) in [5.74, 6) is 0. The Morgan fingerprint density at radius 1 is 0.944 bits per heavy atom. The van der Waals surface area contributed by atoms with E-state index < -0.39 is 0 Å². The van der Waals surface area contributed by atoms with Crippen molar-refractivity contribution in [2.24, 2.45) is 0 Å². The molecule has 2 aromatic carbocycles. The molecule has 0 spiro atoms. The number of thioether (sulfide) groups is 1. The van der Waals surface area contributed by atoms with Gasteiger partial charge in [-0.25, -0.2) is 0 Å². The molecule has 0 radical (unpaired) electrons. The molecule has 2 heteroatoms. The molecule has 0 bridgehead atoms. The van der Waals surface area contributed by atoms with Crippen LogP contribution in [-0.2, 0) is 13.1 Å². The molecule has 0 saturated carbocycles. The summed E-state index contributed by atoms with van der Waals surface area (Å²) >= 11 is 1.78. The van der Waals surface area contributed by atoms with Crippen LogP contribution in [0, 0.1) is 6.92 Å². The lowest BCUT2D eigenvalue weighted by Gasteiger charge is -2.06. The molecular weight excluding hydrogens is 238 g/mol. The van der Waals surface area contributed by atoms with E-state index in [1.807, 2.05) is 0 Å². The maximum Gasteiger partial charge on any atom is 0.0208 e. The van der Waals surface area contributed by atoms with Gasteiger partial charge in [0.1, 0.15) is 0 Å². The Morgan fingerprint density at radius 2 is 1.67 bits per heavy atom. The fourth-order valence-electron chi connectivity index (χ4n) is 1.92. The van der Waals surface area contributed by atoms with Crippen LogP contribution in [0.25, 0.3) is 0 Å². The van der Waals surface area contributed by atoms with Crippen molar-refractivity contribution in [3.05, 3.63) is 65.2 Å². The molecule has 0 aromatic heterocycles. The molecule has 0 amide bonds. The van der Waals surface area contributed by atoms with Gasteiger partial charge >= 0.3 is 0 Å². The highest BCUT2D eigenvalue weighted by Crippen LogP contribution is 2.14. The quantitative estimate of drug-likeness (QED) is 0.812. The minimum absolute atomic E-state index is 0.919. The van der Waals surface area contributed by atoms with Crippen molar-refractivity contribution < 1.29 is 0 Å². The molecular formula is C16H19NS. The van der Waals surface area contributed by atoms with E-state index in [0.29, 0.717) is 0 Å². The van der Waals surface area contributed by atoms with Crippen molar-refractivity contribution in [2.75, 3.05) is 6.26 Å². The van der Waals surface area contributed by atoms with Gasteiger partial charge in [0.15, 0.2) is 0 Å². The molecule has 0 aliphatic carbocycles. The van der Waals surface area contributed by atoms with E-state index in [-0.39, 0.29) is 0 Å². The highest BCUT2D eigenvalue weighted by atomic mass is 32.2. The van der Waals surface area contributed by atoms with Crippen LogP contribution in [0.1, 0.15) is 16.7 Å². The largest absolute Gasteiger partial charge is 0.309 e. The number of benzene rings is 2. The van der Waals surface area contributed by atoms with Crippen LogP contribution in [0.5, 0.6) is 0 Å². The second kappa shape index (κ2) is 6.62. The first-order chi connectivity index (χ1) is 8.78. The van der Waals surface area contributed by atoms with Crippen molar-refractivity contribution in [1.29, 1.82) is 0 Å². The fourth-order valence-corrected chi connectivity index (χ4v) is 2.32. The molecule has 1 N–H and O–H groups in total. The second-order valence-corrected chi connectivity index (χ2v) is 5.32. The van der Waals surface area contributed by atoms with Crippen LogP contribution in [-0.4, -0.2) is 6.26 Å². The number of hydrogen-bond donors (Lipinski definition) is 1. The van der Waals surface area contributed by atoms with Crippen LogP contribution in [0.15, 0.2) is 53.4 Å². The summed E-state index contributed by atoms with van der Waals surface area (Å²) in [6, 6.07) is 17.4. The topological polar surface area (TPSA) is 12.0 Å². The van der Waals surface area contributed by atoms with Crippen molar-refractivity contribution in [1.82, 2.24) is 5.32 Å². The Morgan fingerprint density at radius 3 is 2.33 bits per heavy atom.